The molecule has 0 aromatic carbocycles. The maximum atomic E-state index is 0. The monoisotopic (exact) mass is 175 g/mol. The van der Waals surface area contributed by atoms with Crippen LogP contribution >= 0.6 is 24.8 Å². The topological polar surface area (TPSA) is 0 Å². The first-order chi connectivity index (χ1) is 0. The summed E-state index contributed by atoms with van der Waals surface area (Å²) in [4.78, 5) is 0. The molecule has 0 aliphatic heterocycles. The van der Waals surface area contributed by atoms with E-state index in [0.29, 0.717) is 0 Å². The minimum atomic E-state index is 0. The van der Waals surface area contributed by atoms with Crippen LogP contribution in [-0.4, -0.2) is 0 Å². The number of halogens is 2. The van der Waals surface area contributed by atoms with Crippen LogP contribution < -0.4 is 0 Å². The average Bonchev–Trinajstić information content (AvgIpc) is 0. The second-order valence-electron chi connectivity index (χ2n) is 0. The first-order valence-electron chi connectivity index (χ1n) is 0. The molecule has 0 aliphatic rings. The van der Waals surface area contributed by atoms with Crippen molar-refractivity contribution in [3.8, 4) is 0 Å². The van der Waals surface area contributed by atoms with Crippen LogP contribution in [0.5, 0.6) is 0 Å². The molecule has 0 heterocycles. The Morgan fingerprint density at radius 2 is 0.750 bits per heavy atom. The molecular formula is H2Cl2CrV. The zero-order valence-corrected chi connectivity index (χ0v) is 5.98. The van der Waals surface area contributed by atoms with Crippen LogP contribution in [0.4, 0.5) is 0 Å². The standard InChI is InChI=1S/2ClH.Cr.V/h2*1H;;. The zero-order chi connectivity index (χ0) is 0. The van der Waals surface area contributed by atoms with E-state index in [1.54, 1.807) is 0 Å². The Labute approximate surface area is 60.6 Å². The Hall–Kier alpha value is 1.70. The SMILES string of the molecule is Cl.Cl.[Cr].[V]. The number of hydrogen-bond donors (Lipinski definition) is 0. The van der Waals surface area contributed by atoms with Gasteiger partial charge in [0.25, 0.3) is 0 Å². The van der Waals surface area contributed by atoms with E-state index >= 15 is 0 Å². The average molecular weight is 176 g/mol. The summed E-state index contributed by atoms with van der Waals surface area (Å²) >= 11 is 0. The van der Waals surface area contributed by atoms with Crippen LogP contribution in [0, 0.1) is 0 Å². The maximum absolute atomic E-state index is 0. The van der Waals surface area contributed by atoms with Crippen molar-refractivity contribution in [1.29, 1.82) is 0 Å². The van der Waals surface area contributed by atoms with E-state index in [1.807, 2.05) is 0 Å². The van der Waals surface area contributed by atoms with Crippen molar-refractivity contribution in [3.05, 3.63) is 0 Å². The van der Waals surface area contributed by atoms with Crippen LogP contribution in [0.1, 0.15) is 0 Å². The van der Waals surface area contributed by atoms with Gasteiger partial charge in [-0.15, -0.1) is 24.8 Å². The Morgan fingerprint density at radius 1 is 0.750 bits per heavy atom. The minimum absolute atomic E-state index is 0. The molecule has 0 fully saturated rings. The van der Waals surface area contributed by atoms with E-state index in [2.05, 4.69) is 0 Å². The van der Waals surface area contributed by atoms with Crippen molar-refractivity contribution in [2.75, 3.05) is 0 Å². The van der Waals surface area contributed by atoms with Crippen molar-refractivity contribution < 1.29 is 35.9 Å². The van der Waals surface area contributed by atoms with Gasteiger partial charge < -0.3 is 0 Å². The molecule has 0 amide bonds. The second-order valence-corrected chi connectivity index (χ2v) is 0. The minimum Gasteiger partial charge on any atom is -0.147 e. The molecule has 4 heavy (non-hydrogen) atoms. The molecule has 27 valence electrons. The smallest absolute Gasteiger partial charge is 0 e. The van der Waals surface area contributed by atoms with Gasteiger partial charge in [-0.25, -0.2) is 0 Å². The largest absolute Gasteiger partial charge is 0.147 e. The van der Waals surface area contributed by atoms with Crippen LogP contribution in [0.25, 0.3) is 0 Å². The van der Waals surface area contributed by atoms with Crippen LogP contribution in [0.3, 0.4) is 0 Å². The molecule has 0 N–H and O–H groups in total. The summed E-state index contributed by atoms with van der Waals surface area (Å²) in [5.74, 6) is 0. The molecule has 1 radical (unpaired) electrons. The molecule has 0 bridgehead atoms. The summed E-state index contributed by atoms with van der Waals surface area (Å²) in [6.07, 6.45) is 0. The van der Waals surface area contributed by atoms with Crippen molar-refractivity contribution in [2.24, 2.45) is 0 Å². The van der Waals surface area contributed by atoms with Crippen LogP contribution in [-0.2, 0) is 35.9 Å². The van der Waals surface area contributed by atoms with Gasteiger partial charge in [0.1, 0.15) is 0 Å². The summed E-state index contributed by atoms with van der Waals surface area (Å²) in [5.41, 5.74) is 0. The third kappa shape index (κ3) is 9.34. The Kier molecular flexibility index (Phi) is 243. The fourth-order valence-corrected chi connectivity index (χ4v) is 0. The van der Waals surface area contributed by atoms with Crippen molar-refractivity contribution in [2.45, 2.75) is 0 Å². The van der Waals surface area contributed by atoms with Gasteiger partial charge in [-0.05, 0) is 0 Å². The van der Waals surface area contributed by atoms with E-state index in [4.69, 9.17) is 0 Å². The van der Waals surface area contributed by atoms with Gasteiger partial charge in [-0.2, -0.15) is 0 Å². The summed E-state index contributed by atoms with van der Waals surface area (Å²) in [6, 6.07) is 0. The summed E-state index contributed by atoms with van der Waals surface area (Å²) in [5, 5.41) is 0. The maximum Gasteiger partial charge on any atom is 0 e. The van der Waals surface area contributed by atoms with Crippen molar-refractivity contribution >= 4 is 24.8 Å². The van der Waals surface area contributed by atoms with E-state index in [0.717, 1.165) is 0 Å². The van der Waals surface area contributed by atoms with Crippen molar-refractivity contribution in [1.82, 2.24) is 0 Å². The van der Waals surface area contributed by atoms with Crippen LogP contribution in [0.15, 0.2) is 0 Å². The molecule has 4 heteroatoms. The predicted molar refractivity (Wildman–Crippen MR) is 14.5 cm³/mol. The molecular weight excluding hydrogens is 174 g/mol. The third-order valence-corrected chi connectivity index (χ3v) is 0. The van der Waals surface area contributed by atoms with Gasteiger partial charge in [0.05, 0.1) is 0 Å². The first kappa shape index (κ1) is 43.6. The number of rotatable bonds is 0. The molecule has 0 unspecified atom stereocenters. The predicted octanol–water partition coefficient (Wildman–Crippen LogP) is 0.839. The van der Waals surface area contributed by atoms with Gasteiger partial charge in [0.15, 0.2) is 0 Å². The molecule has 0 saturated carbocycles. The molecule has 0 aromatic rings. The van der Waals surface area contributed by atoms with E-state index < -0.39 is 0 Å². The van der Waals surface area contributed by atoms with Gasteiger partial charge in [-0.1, -0.05) is 0 Å². The Morgan fingerprint density at radius 3 is 0.750 bits per heavy atom. The molecule has 0 aromatic heterocycles. The molecule has 0 aliphatic carbocycles. The fraction of sp³-hybridized carbons (Fsp3) is 0. The van der Waals surface area contributed by atoms with Gasteiger partial charge in [0, 0.05) is 35.9 Å². The Balaban J connectivity index is 0. The first-order valence-corrected chi connectivity index (χ1v) is 0. The summed E-state index contributed by atoms with van der Waals surface area (Å²) in [7, 11) is 0. The molecule has 0 atom stereocenters. The van der Waals surface area contributed by atoms with Crippen LogP contribution in [0.2, 0.25) is 0 Å². The van der Waals surface area contributed by atoms with E-state index in [1.165, 1.54) is 0 Å². The second kappa shape index (κ2) is 22.3. The Bertz CT molecular complexity index is 6.00. The molecule has 0 saturated heterocycles. The van der Waals surface area contributed by atoms with Gasteiger partial charge in [-0.3, -0.25) is 0 Å². The van der Waals surface area contributed by atoms with E-state index in [-0.39, 0.29) is 60.7 Å². The zero-order valence-electron chi connectivity index (χ0n) is 1.67. The van der Waals surface area contributed by atoms with Gasteiger partial charge >= 0.3 is 0 Å². The molecule has 0 rings (SSSR count). The number of hydrogen-bond acceptors (Lipinski definition) is 0. The fourth-order valence-electron chi connectivity index (χ4n) is 0. The summed E-state index contributed by atoms with van der Waals surface area (Å²) < 4.78 is 0. The molecule has 0 spiro atoms. The summed E-state index contributed by atoms with van der Waals surface area (Å²) in [6.45, 7) is 0. The quantitative estimate of drug-likeness (QED) is 0.512. The molecule has 0 nitrogen and oxygen atoms in total. The van der Waals surface area contributed by atoms with E-state index in [9.17, 15) is 0 Å². The van der Waals surface area contributed by atoms with Crippen molar-refractivity contribution in [3.63, 3.8) is 0 Å². The van der Waals surface area contributed by atoms with Gasteiger partial charge in [0.2, 0.25) is 0 Å². The third-order valence-electron chi connectivity index (χ3n) is 0. The normalized spacial score (nSPS) is 0.